The maximum absolute atomic E-state index is 12.1. The monoisotopic (exact) mass is 421 g/mol. The van der Waals surface area contributed by atoms with Crippen LogP contribution in [-0.2, 0) is 19.1 Å². The van der Waals surface area contributed by atoms with E-state index in [1.54, 1.807) is 0 Å². The molecule has 170 valence electrons. The summed E-state index contributed by atoms with van der Waals surface area (Å²) in [7, 11) is 0. The second-order valence-electron chi connectivity index (χ2n) is 9.39. The van der Waals surface area contributed by atoms with Crippen LogP contribution in [0.1, 0.15) is 71.1 Å². The molecule has 0 aromatic carbocycles. The standard InChI is InChI=1S/C23H39N3O4/c1-18-14-22(28)26(23(18)29)15-19-7-9-20(10-8-19)16-30-17-24-11-4-2-3-6-21(27)25-12-5-13-25/h18-20,24H,2-17H2,1H3. The first-order valence-corrected chi connectivity index (χ1v) is 11.9. The quantitative estimate of drug-likeness (QED) is 0.298. The number of nitrogens with one attached hydrogen (secondary N) is 1. The van der Waals surface area contributed by atoms with Crippen LogP contribution in [0.15, 0.2) is 0 Å². The van der Waals surface area contributed by atoms with Crippen LogP contribution >= 0.6 is 0 Å². The van der Waals surface area contributed by atoms with Crippen molar-refractivity contribution in [1.29, 1.82) is 0 Å². The minimum Gasteiger partial charge on any atom is -0.366 e. The number of amides is 3. The predicted octanol–water partition coefficient (Wildman–Crippen LogP) is 2.54. The van der Waals surface area contributed by atoms with Gasteiger partial charge in [-0.15, -0.1) is 0 Å². The summed E-state index contributed by atoms with van der Waals surface area (Å²) in [6.45, 7) is 6.66. The van der Waals surface area contributed by atoms with Gasteiger partial charge in [-0.05, 0) is 63.3 Å². The molecule has 0 spiro atoms. The third-order valence-electron chi connectivity index (χ3n) is 6.89. The molecule has 0 bridgehead atoms. The Morgan fingerprint density at radius 2 is 1.80 bits per heavy atom. The zero-order chi connectivity index (χ0) is 21.3. The topological polar surface area (TPSA) is 79.0 Å². The molecule has 2 saturated heterocycles. The SMILES string of the molecule is CC1CC(=O)N(CC2CCC(COCNCCCCCC(=O)N3CCC3)CC2)C1=O. The molecule has 3 rings (SSSR count). The van der Waals surface area contributed by atoms with Crippen molar-refractivity contribution < 1.29 is 19.1 Å². The van der Waals surface area contributed by atoms with Crippen LogP contribution in [-0.4, -0.2) is 67.0 Å². The van der Waals surface area contributed by atoms with Gasteiger partial charge >= 0.3 is 0 Å². The van der Waals surface area contributed by atoms with E-state index < -0.39 is 0 Å². The number of carbonyl (C=O) groups is 3. The molecule has 1 aliphatic carbocycles. The fraction of sp³-hybridized carbons (Fsp3) is 0.870. The average molecular weight is 422 g/mol. The van der Waals surface area contributed by atoms with Crippen molar-refractivity contribution in [1.82, 2.24) is 15.1 Å². The van der Waals surface area contributed by atoms with Gasteiger partial charge in [0, 0.05) is 38.4 Å². The van der Waals surface area contributed by atoms with E-state index in [-0.39, 0.29) is 17.7 Å². The average Bonchev–Trinajstić information content (AvgIpc) is 2.92. The first-order valence-electron chi connectivity index (χ1n) is 11.9. The summed E-state index contributed by atoms with van der Waals surface area (Å²) in [6.07, 6.45) is 9.75. The number of hydrogen-bond donors (Lipinski definition) is 1. The molecule has 0 radical (unpaired) electrons. The Balaban J connectivity index is 1.14. The van der Waals surface area contributed by atoms with Gasteiger partial charge in [-0.2, -0.15) is 0 Å². The number of unbranched alkanes of at least 4 members (excludes halogenated alkanes) is 2. The molecule has 7 nitrogen and oxygen atoms in total. The number of imide groups is 1. The molecule has 30 heavy (non-hydrogen) atoms. The van der Waals surface area contributed by atoms with Crippen molar-refractivity contribution in [2.75, 3.05) is 39.5 Å². The molecule has 3 fully saturated rings. The summed E-state index contributed by atoms with van der Waals surface area (Å²) in [6, 6.07) is 0. The van der Waals surface area contributed by atoms with E-state index in [0.717, 1.165) is 77.6 Å². The molecule has 1 N–H and O–H groups in total. The lowest BCUT2D eigenvalue weighted by Crippen LogP contribution is -2.41. The van der Waals surface area contributed by atoms with E-state index >= 15 is 0 Å². The molecule has 1 unspecified atom stereocenters. The number of rotatable bonds is 12. The maximum Gasteiger partial charge on any atom is 0.232 e. The molecule has 1 saturated carbocycles. The van der Waals surface area contributed by atoms with Crippen molar-refractivity contribution in [3.8, 4) is 0 Å². The van der Waals surface area contributed by atoms with Crippen LogP contribution < -0.4 is 5.32 Å². The third-order valence-corrected chi connectivity index (χ3v) is 6.89. The highest BCUT2D eigenvalue weighted by atomic mass is 16.5. The van der Waals surface area contributed by atoms with Gasteiger partial charge in [-0.25, -0.2) is 0 Å². The van der Waals surface area contributed by atoms with E-state index in [0.29, 0.717) is 43.9 Å². The number of carbonyl (C=O) groups excluding carboxylic acids is 3. The summed E-state index contributed by atoms with van der Waals surface area (Å²) in [4.78, 5) is 39.2. The highest BCUT2D eigenvalue weighted by Gasteiger charge is 2.37. The van der Waals surface area contributed by atoms with Gasteiger partial charge < -0.3 is 9.64 Å². The maximum atomic E-state index is 12.1. The lowest BCUT2D eigenvalue weighted by Gasteiger charge is -2.30. The second-order valence-corrected chi connectivity index (χ2v) is 9.39. The van der Waals surface area contributed by atoms with Gasteiger partial charge in [0.05, 0.1) is 13.3 Å². The minimum atomic E-state index is -0.137. The van der Waals surface area contributed by atoms with Gasteiger partial charge in [0.1, 0.15) is 0 Å². The first kappa shape index (κ1) is 23.2. The number of nitrogens with zero attached hydrogens (tertiary/aromatic N) is 2. The summed E-state index contributed by atoms with van der Waals surface area (Å²) < 4.78 is 5.80. The third kappa shape index (κ3) is 6.77. The van der Waals surface area contributed by atoms with E-state index in [4.69, 9.17) is 4.74 Å². The molecule has 1 atom stereocenters. The fourth-order valence-corrected chi connectivity index (χ4v) is 4.68. The Kier molecular flexibility index (Phi) is 9.12. The van der Waals surface area contributed by atoms with E-state index in [1.165, 1.54) is 4.90 Å². The molecular formula is C23H39N3O4. The number of ether oxygens (including phenoxy) is 1. The molecule has 0 aromatic rings. The lowest BCUT2D eigenvalue weighted by atomic mass is 9.82. The van der Waals surface area contributed by atoms with Crippen LogP contribution in [0.25, 0.3) is 0 Å². The van der Waals surface area contributed by atoms with E-state index in [1.807, 2.05) is 11.8 Å². The summed E-state index contributed by atoms with van der Waals surface area (Å²) >= 11 is 0. The first-order chi connectivity index (χ1) is 14.5. The molecule has 2 aliphatic heterocycles. The summed E-state index contributed by atoms with van der Waals surface area (Å²) in [5, 5.41) is 3.33. The van der Waals surface area contributed by atoms with Crippen LogP contribution in [0.5, 0.6) is 0 Å². The van der Waals surface area contributed by atoms with E-state index in [2.05, 4.69) is 5.32 Å². The zero-order valence-electron chi connectivity index (χ0n) is 18.6. The van der Waals surface area contributed by atoms with Crippen LogP contribution in [0.4, 0.5) is 0 Å². The van der Waals surface area contributed by atoms with Crippen LogP contribution in [0.2, 0.25) is 0 Å². The Bertz CT molecular complexity index is 585. The lowest BCUT2D eigenvalue weighted by molar-refractivity contribution is -0.140. The van der Waals surface area contributed by atoms with Crippen LogP contribution in [0.3, 0.4) is 0 Å². The Labute approximate surface area is 180 Å². The van der Waals surface area contributed by atoms with Gasteiger partial charge in [-0.1, -0.05) is 13.3 Å². The molecule has 0 aromatic heterocycles. The summed E-state index contributed by atoms with van der Waals surface area (Å²) in [5.74, 6) is 1.24. The largest absolute Gasteiger partial charge is 0.366 e. The Hall–Kier alpha value is -1.47. The van der Waals surface area contributed by atoms with Crippen molar-refractivity contribution in [3.05, 3.63) is 0 Å². The molecule has 3 amide bonds. The summed E-state index contributed by atoms with van der Waals surface area (Å²) in [5.41, 5.74) is 0. The predicted molar refractivity (Wildman–Crippen MR) is 114 cm³/mol. The Morgan fingerprint density at radius 1 is 1.07 bits per heavy atom. The molecular weight excluding hydrogens is 382 g/mol. The van der Waals surface area contributed by atoms with Crippen molar-refractivity contribution in [3.63, 3.8) is 0 Å². The van der Waals surface area contributed by atoms with Crippen molar-refractivity contribution in [2.45, 2.75) is 71.1 Å². The minimum absolute atomic E-state index is 0.00627. The van der Waals surface area contributed by atoms with Crippen LogP contribution in [0, 0.1) is 17.8 Å². The number of hydrogen-bond acceptors (Lipinski definition) is 5. The highest BCUT2D eigenvalue weighted by Crippen LogP contribution is 2.31. The smallest absolute Gasteiger partial charge is 0.232 e. The zero-order valence-corrected chi connectivity index (χ0v) is 18.6. The number of likely N-dealkylation sites (tertiary alicyclic amines) is 2. The molecule has 2 heterocycles. The van der Waals surface area contributed by atoms with Gasteiger partial charge in [0.15, 0.2) is 0 Å². The van der Waals surface area contributed by atoms with Gasteiger partial charge in [0.25, 0.3) is 0 Å². The molecule has 7 heteroatoms. The second kappa shape index (κ2) is 11.8. The normalized spacial score (nSPS) is 26.9. The highest BCUT2D eigenvalue weighted by molar-refractivity contribution is 6.03. The van der Waals surface area contributed by atoms with Gasteiger partial charge in [-0.3, -0.25) is 24.6 Å². The van der Waals surface area contributed by atoms with Crippen molar-refractivity contribution >= 4 is 17.7 Å². The molecule has 3 aliphatic rings. The van der Waals surface area contributed by atoms with Crippen molar-refractivity contribution in [2.24, 2.45) is 17.8 Å². The Morgan fingerprint density at radius 3 is 2.43 bits per heavy atom. The fourth-order valence-electron chi connectivity index (χ4n) is 4.68. The van der Waals surface area contributed by atoms with Gasteiger partial charge in [0.2, 0.25) is 17.7 Å². The van der Waals surface area contributed by atoms with E-state index in [9.17, 15) is 14.4 Å².